The molecule has 1 aliphatic rings. The Bertz CT molecular complexity index is 224. The molecular formula is C14H29N3. The predicted molar refractivity (Wildman–Crippen MR) is 74.8 cm³/mol. The topological polar surface area (TPSA) is 30.3 Å². The summed E-state index contributed by atoms with van der Waals surface area (Å²) in [4.78, 5) is 4.79. The molecule has 3 heteroatoms. The summed E-state index contributed by atoms with van der Waals surface area (Å²) in [5.41, 5.74) is 0. The molecule has 0 aliphatic carbocycles. The third-order valence-corrected chi connectivity index (χ3v) is 3.93. The number of piperidine rings is 1. The standard InChI is InChI=1S/C14H29N3/c1-4-16(5-2)11-8-9-13(3)17-12-7-6-10-14(17)15/h13,15H,4-12H2,1-3H3. The molecule has 1 saturated heterocycles. The van der Waals surface area contributed by atoms with Crippen LogP contribution in [0.5, 0.6) is 0 Å². The zero-order valence-electron chi connectivity index (χ0n) is 11.8. The Hall–Kier alpha value is -0.570. The number of hydrogen-bond donors (Lipinski definition) is 1. The summed E-state index contributed by atoms with van der Waals surface area (Å²) < 4.78 is 0. The Morgan fingerprint density at radius 3 is 2.59 bits per heavy atom. The fourth-order valence-corrected chi connectivity index (χ4v) is 2.65. The second kappa shape index (κ2) is 7.70. The van der Waals surface area contributed by atoms with E-state index in [9.17, 15) is 0 Å². The molecule has 100 valence electrons. The van der Waals surface area contributed by atoms with Gasteiger partial charge >= 0.3 is 0 Å². The molecule has 1 atom stereocenters. The van der Waals surface area contributed by atoms with Gasteiger partial charge in [0.2, 0.25) is 0 Å². The second-order valence-electron chi connectivity index (χ2n) is 5.12. The smallest absolute Gasteiger partial charge is 0.0960 e. The van der Waals surface area contributed by atoms with Gasteiger partial charge in [0.05, 0.1) is 5.84 Å². The minimum Gasteiger partial charge on any atom is -0.358 e. The van der Waals surface area contributed by atoms with Crippen molar-refractivity contribution in [3.8, 4) is 0 Å². The van der Waals surface area contributed by atoms with Crippen LogP contribution in [0.1, 0.15) is 52.9 Å². The Morgan fingerprint density at radius 1 is 1.29 bits per heavy atom. The van der Waals surface area contributed by atoms with Crippen molar-refractivity contribution < 1.29 is 0 Å². The van der Waals surface area contributed by atoms with Crippen molar-refractivity contribution >= 4 is 5.84 Å². The maximum atomic E-state index is 7.98. The first-order chi connectivity index (χ1) is 8.19. The third kappa shape index (κ3) is 4.66. The molecule has 1 heterocycles. The van der Waals surface area contributed by atoms with Crippen LogP contribution in [-0.4, -0.2) is 47.9 Å². The molecule has 0 aromatic rings. The summed E-state index contributed by atoms with van der Waals surface area (Å²) >= 11 is 0. The third-order valence-electron chi connectivity index (χ3n) is 3.93. The fourth-order valence-electron chi connectivity index (χ4n) is 2.65. The summed E-state index contributed by atoms with van der Waals surface area (Å²) in [7, 11) is 0. The van der Waals surface area contributed by atoms with Gasteiger partial charge in [-0.3, -0.25) is 5.41 Å². The summed E-state index contributed by atoms with van der Waals surface area (Å²) in [5, 5.41) is 7.98. The minimum absolute atomic E-state index is 0.554. The predicted octanol–water partition coefficient (Wildman–Crippen LogP) is 2.96. The fraction of sp³-hybridized carbons (Fsp3) is 0.929. The quantitative estimate of drug-likeness (QED) is 0.740. The maximum Gasteiger partial charge on any atom is 0.0960 e. The lowest BCUT2D eigenvalue weighted by Crippen LogP contribution is -2.41. The van der Waals surface area contributed by atoms with Crippen LogP contribution in [0.3, 0.4) is 0 Å². The van der Waals surface area contributed by atoms with E-state index in [1.165, 1.54) is 32.2 Å². The van der Waals surface area contributed by atoms with Crippen LogP contribution in [0.2, 0.25) is 0 Å². The number of hydrogen-bond acceptors (Lipinski definition) is 2. The van der Waals surface area contributed by atoms with Gasteiger partial charge in [0, 0.05) is 19.0 Å². The van der Waals surface area contributed by atoms with Crippen LogP contribution in [0, 0.1) is 5.41 Å². The van der Waals surface area contributed by atoms with Crippen molar-refractivity contribution in [1.29, 1.82) is 5.41 Å². The van der Waals surface area contributed by atoms with Crippen LogP contribution in [0.4, 0.5) is 0 Å². The van der Waals surface area contributed by atoms with Crippen LogP contribution >= 0.6 is 0 Å². The molecule has 1 unspecified atom stereocenters. The van der Waals surface area contributed by atoms with E-state index in [0.29, 0.717) is 6.04 Å². The highest BCUT2D eigenvalue weighted by Crippen LogP contribution is 2.16. The molecule has 17 heavy (non-hydrogen) atoms. The largest absolute Gasteiger partial charge is 0.358 e. The number of nitrogens with one attached hydrogen (secondary N) is 1. The lowest BCUT2D eigenvalue weighted by Gasteiger charge is -2.35. The highest BCUT2D eigenvalue weighted by Gasteiger charge is 2.19. The molecule has 0 aromatic heterocycles. The van der Waals surface area contributed by atoms with Gasteiger partial charge in [0.25, 0.3) is 0 Å². The maximum absolute atomic E-state index is 7.98. The van der Waals surface area contributed by atoms with Crippen LogP contribution in [0.15, 0.2) is 0 Å². The van der Waals surface area contributed by atoms with E-state index in [-0.39, 0.29) is 0 Å². The van der Waals surface area contributed by atoms with Gasteiger partial charge in [-0.25, -0.2) is 0 Å². The Kier molecular flexibility index (Phi) is 6.56. The van der Waals surface area contributed by atoms with Crippen molar-refractivity contribution in [1.82, 2.24) is 9.80 Å². The molecule has 1 N–H and O–H groups in total. The van der Waals surface area contributed by atoms with Gasteiger partial charge in [0.15, 0.2) is 0 Å². The van der Waals surface area contributed by atoms with Crippen LogP contribution in [-0.2, 0) is 0 Å². The van der Waals surface area contributed by atoms with Gasteiger partial charge in [-0.2, -0.15) is 0 Å². The first kappa shape index (κ1) is 14.5. The van der Waals surface area contributed by atoms with Crippen LogP contribution in [0.25, 0.3) is 0 Å². The lowest BCUT2D eigenvalue weighted by molar-refractivity contribution is 0.250. The van der Waals surface area contributed by atoms with E-state index in [0.717, 1.165) is 31.9 Å². The number of amidine groups is 1. The monoisotopic (exact) mass is 239 g/mol. The summed E-state index contributed by atoms with van der Waals surface area (Å²) in [6.45, 7) is 11.4. The molecular weight excluding hydrogens is 210 g/mol. The lowest BCUT2D eigenvalue weighted by atomic mass is 10.0. The van der Waals surface area contributed by atoms with E-state index in [2.05, 4.69) is 30.6 Å². The Balaban J connectivity index is 2.23. The van der Waals surface area contributed by atoms with Crippen molar-refractivity contribution in [2.45, 2.75) is 58.9 Å². The zero-order chi connectivity index (χ0) is 12.7. The molecule has 3 nitrogen and oxygen atoms in total. The van der Waals surface area contributed by atoms with Gasteiger partial charge in [-0.1, -0.05) is 13.8 Å². The number of likely N-dealkylation sites (tertiary alicyclic amines) is 1. The second-order valence-corrected chi connectivity index (χ2v) is 5.12. The highest BCUT2D eigenvalue weighted by atomic mass is 15.2. The van der Waals surface area contributed by atoms with E-state index in [4.69, 9.17) is 5.41 Å². The Labute approximate surface area is 107 Å². The number of rotatable bonds is 7. The molecule has 0 saturated carbocycles. The van der Waals surface area contributed by atoms with Gasteiger partial charge < -0.3 is 9.80 Å². The molecule has 1 fully saturated rings. The summed E-state index contributed by atoms with van der Waals surface area (Å²) in [6.07, 6.45) is 5.94. The first-order valence-electron chi connectivity index (χ1n) is 7.25. The molecule has 1 aliphatic heterocycles. The first-order valence-corrected chi connectivity index (χ1v) is 7.25. The molecule has 0 bridgehead atoms. The highest BCUT2D eigenvalue weighted by molar-refractivity contribution is 5.80. The van der Waals surface area contributed by atoms with Gasteiger partial charge in [0.1, 0.15) is 0 Å². The van der Waals surface area contributed by atoms with Gasteiger partial charge in [-0.05, 0) is 52.2 Å². The molecule has 0 spiro atoms. The molecule has 0 aromatic carbocycles. The summed E-state index contributed by atoms with van der Waals surface area (Å²) in [5.74, 6) is 0.867. The Morgan fingerprint density at radius 2 is 2.00 bits per heavy atom. The van der Waals surface area contributed by atoms with E-state index in [1.54, 1.807) is 0 Å². The molecule has 0 radical (unpaired) electrons. The molecule has 0 amide bonds. The van der Waals surface area contributed by atoms with Crippen molar-refractivity contribution in [3.05, 3.63) is 0 Å². The minimum atomic E-state index is 0.554. The van der Waals surface area contributed by atoms with E-state index < -0.39 is 0 Å². The zero-order valence-corrected chi connectivity index (χ0v) is 11.8. The van der Waals surface area contributed by atoms with E-state index in [1.807, 2.05) is 0 Å². The SMILES string of the molecule is CCN(CC)CCCC(C)N1CCCCC1=N. The number of nitrogens with zero attached hydrogens (tertiary/aromatic N) is 2. The average molecular weight is 239 g/mol. The normalized spacial score (nSPS) is 18.8. The average Bonchev–Trinajstić information content (AvgIpc) is 2.35. The van der Waals surface area contributed by atoms with Gasteiger partial charge in [-0.15, -0.1) is 0 Å². The van der Waals surface area contributed by atoms with Crippen LogP contribution < -0.4 is 0 Å². The van der Waals surface area contributed by atoms with Crippen molar-refractivity contribution in [3.63, 3.8) is 0 Å². The molecule has 1 rings (SSSR count). The van der Waals surface area contributed by atoms with E-state index >= 15 is 0 Å². The summed E-state index contributed by atoms with van der Waals surface area (Å²) in [6, 6.07) is 0.554. The van der Waals surface area contributed by atoms with Crippen molar-refractivity contribution in [2.24, 2.45) is 0 Å². The van der Waals surface area contributed by atoms with Crippen molar-refractivity contribution in [2.75, 3.05) is 26.2 Å².